The fourth-order valence-electron chi connectivity index (χ4n) is 1.68. The second-order valence-corrected chi connectivity index (χ2v) is 5.57. The number of rotatable bonds is 7. The average Bonchev–Trinajstić information content (AvgIpc) is 2.39. The third-order valence-electron chi connectivity index (χ3n) is 2.64. The topological polar surface area (TPSA) is 55.4 Å². The Morgan fingerprint density at radius 3 is 2.70 bits per heavy atom. The molecular formula is C15H21NO3S. The Labute approximate surface area is 124 Å². The van der Waals surface area contributed by atoms with Crippen molar-refractivity contribution in [3.8, 4) is 0 Å². The van der Waals surface area contributed by atoms with Crippen LogP contribution < -0.4 is 5.32 Å². The Bertz CT molecular complexity index is 462. The molecule has 0 aromatic heterocycles. The van der Waals surface area contributed by atoms with Crippen LogP contribution in [0.3, 0.4) is 0 Å². The van der Waals surface area contributed by atoms with Crippen LogP contribution in [0.1, 0.15) is 25.8 Å². The SMILES string of the molecule is CCOC(=O)C(CC)SCC(=O)Nc1cccc(C)c1. The molecule has 1 aromatic carbocycles. The molecule has 0 fully saturated rings. The summed E-state index contributed by atoms with van der Waals surface area (Å²) in [5, 5.41) is 2.54. The van der Waals surface area contributed by atoms with E-state index in [0.29, 0.717) is 13.0 Å². The number of aryl methyl sites for hydroxylation is 1. The first-order chi connectivity index (χ1) is 9.56. The predicted octanol–water partition coefficient (Wildman–Crippen LogP) is 3.01. The van der Waals surface area contributed by atoms with Crippen LogP contribution in [0.4, 0.5) is 5.69 Å². The number of carbonyl (C=O) groups excluding carboxylic acids is 2. The normalized spacial score (nSPS) is 11.8. The van der Waals surface area contributed by atoms with E-state index in [1.165, 1.54) is 11.8 Å². The van der Waals surface area contributed by atoms with Gasteiger partial charge in [0.05, 0.1) is 12.4 Å². The molecule has 0 spiro atoms. The highest BCUT2D eigenvalue weighted by Gasteiger charge is 2.19. The van der Waals surface area contributed by atoms with Gasteiger partial charge in [0, 0.05) is 5.69 Å². The molecule has 1 atom stereocenters. The first-order valence-corrected chi connectivity index (χ1v) is 7.76. The predicted molar refractivity (Wildman–Crippen MR) is 83.0 cm³/mol. The summed E-state index contributed by atoms with van der Waals surface area (Å²) in [4.78, 5) is 23.5. The van der Waals surface area contributed by atoms with Gasteiger partial charge >= 0.3 is 5.97 Å². The summed E-state index contributed by atoms with van der Waals surface area (Å²) in [5.74, 6) is -0.114. The summed E-state index contributed by atoms with van der Waals surface area (Å²) in [6.07, 6.45) is 0.654. The van der Waals surface area contributed by atoms with Crippen molar-refractivity contribution in [1.82, 2.24) is 0 Å². The third-order valence-corrected chi connectivity index (χ3v) is 3.99. The number of esters is 1. The first kappa shape index (κ1) is 16.6. The minimum Gasteiger partial charge on any atom is -0.465 e. The molecule has 0 bridgehead atoms. The van der Waals surface area contributed by atoms with E-state index in [1.54, 1.807) is 6.92 Å². The van der Waals surface area contributed by atoms with E-state index in [2.05, 4.69) is 5.32 Å². The molecule has 0 heterocycles. The molecule has 1 N–H and O–H groups in total. The van der Waals surface area contributed by atoms with Crippen molar-refractivity contribution in [3.05, 3.63) is 29.8 Å². The summed E-state index contributed by atoms with van der Waals surface area (Å²) in [7, 11) is 0. The van der Waals surface area contributed by atoms with Gasteiger partial charge in [-0.2, -0.15) is 0 Å². The van der Waals surface area contributed by atoms with Crippen molar-refractivity contribution >= 4 is 29.3 Å². The largest absolute Gasteiger partial charge is 0.465 e. The molecule has 1 unspecified atom stereocenters. The highest BCUT2D eigenvalue weighted by Crippen LogP contribution is 2.17. The van der Waals surface area contributed by atoms with Crippen molar-refractivity contribution in [3.63, 3.8) is 0 Å². The lowest BCUT2D eigenvalue weighted by molar-refractivity contribution is -0.142. The molecule has 5 heteroatoms. The van der Waals surface area contributed by atoms with Crippen LogP contribution in [-0.2, 0) is 14.3 Å². The Hall–Kier alpha value is -1.49. The van der Waals surface area contributed by atoms with Gasteiger partial charge in [0.1, 0.15) is 5.25 Å². The number of anilines is 1. The van der Waals surface area contributed by atoms with Gasteiger partial charge in [-0.05, 0) is 38.0 Å². The summed E-state index contributed by atoms with van der Waals surface area (Å²) in [6.45, 7) is 6.02. The fourth-order valence-corrected chi connectivity index (χ4v) is 2.55. The van der Waals surface area contributed by atoms with Gasteiger partial charge < -0.3 is 10.1 Å². The van der Waals surface area contributed by atoms with E-state index in [0.717, 1.165) is 11.3 Å². The number of benzene rings is 1. The number of nitrogens with one attached hydrogen (secondary N) is 1. The summed E-state index contributed by atoms with van der Waals surface area (Å²) < 4.78 is 4.97. The van der Waals surface area contributed by atoms with E-state index < -0.39 is 0 Å². The van der Waals surface area contributed by atoms with Gasteiger partial charge in [-0.25, -0.2) is 0 Å². The van der Waals surface area contributed by atoms with Crippen LogP contribution in [0, 0.1) is 6.92 Å². The number of carbonyl (C=O) groups is 2. The zero-order valence-electron chi connectivity index (χ0n) is 12.1. The second kappa shape index (κ2) is 8.64. The number of amides is 1. The standard InChI is InChI=1S/C15H21NO3S/c1-4-13(15(18)19-5-2)20-10-14(17)16-12-8-6-7-11(3)9-12/h6-9,13H,4-5,10H2,1-3H3,(H,16,17). The molecule has 0 aliphatic carbocycles. The molecule has 20 heavy (non-hydrogen) atoms. The van der Waals surface area contributed by atoms with Gasteiger partial charge in [0.25, 0.3) is 0 Å². The number of hydrogen-bond donors (Lipinski definition) is 1. The molecule has 0 aliphatic rings. The second-order valence-electron chi connectivity index (χ2n) is 4.38. The molecule has 1 amide bonds. The van der Waals surface area contributed by atoms with Crippen molar-refractivity contribution in [2.24, 2.45) is 0 Å². The molecule has 1 aromatic rings. The van der Waals surface area contributed by atoms with Gasteiger partial charge in [0.2, 0.25) is 5.91 Å². The van der Waals surface area contributed by atoms with E-state index in [1.807, 2.05) is 38.1 Å². The van der Waals surface area contributed by atoms with Gasteiger partial charge in [-0.15, -0.1) is 11.8 Å². The van der Waals surface area contributed by atoms with Crippen LogP contribution in [0.5, 0.6) is 0 Å². The van der Waals surface area contributed by atoms with Crippen molar-refractivity contribution in [2.75, 3.05) is 17.7 Å². The Morgan fingerprint density at radius 1 is 1.35 bits per heavy atom. The first-order valence-electron chi connectivity index (χ1n) is 6.71. The van der Waals surface area contributed by atoms with Crippen molar-refractivity contribution < 1.29 is 14.3 Å². The van der Waals surface area contributed by atoms with Crippen LogP contribution in [0.15, 0.2) is 24.3 Å². The van der Waals surface area contributed by atoms with Gasteiger partial charge in [-0.1, -0.05) is 19.1 Å². The summed E-state index contributed by atoms with van der Waals surface area (Å²) in [6, 6.07) is 7.62. The molecule has 0 saturated heterocycles. The lowest BCUT2D eigenvalue weighted by Crippen LogP contribution is -2.23. The Morgan fingerprint density at radius 2 is 2.10 bits per heavy atom. The number of thioether (sulfide) groups is 1. The quantitative estimate of drug-likeness (QED) is 0.786. The lowest BCUT2D eigenvalue weighted by Gasteiger charge is -2.13. The molecule has 0 aliphatic heterocycles. The van der Waals surface area contributed by atoms with E-state index in [-0.39, 0.29) is 22.9 Å². The minimum atomic E-state index is -0.279. The monoisotopic (exact) mass is 295 g/mol. The molecule has 110 valence electrons. The maximum Gasteiger partial charge on any atom is 0.319 e. The van der Waals surface area contributed by atoms with Crippen LogP contribution in [0.2, 0.25) is 0 Å². The molecule has 4 nitrogen and oxygen atoms in total. The van der Waals surface area contributed by atoms with E-state index in [9.17, 15) is 9.59 Å². The van der Waals surface area contributed by atoms with Crippen LogP contribution in [-0.4, -0.2) is 29.5 Å². The molecule has 0 radical (unpaired) electrons. The van der Waals surface area contributed by atoms with E-state index >= 15 is 0 Å². The highest BCUT2D eigenvalue weighted by atomic mass is 32.2. The van der Waals surface area contributed by atoms with Gasteiger partial charge in [0.15, 0.2) is 0 Å². The van der Waals surface area contributed by atoms with Crippen LogP contribution >= 0.6 is 11.8 Å². The maximum absolute atomic E-state index is 11.8. The number of ether oxygens (including phenoxy) is 1. The molecule has 1 rings (SSSR count). The lowest BCUT2D eigenvalue weighted by atomic mass is 10.2. The number of hydrogen-bond acceptors (Lipinski definition) is 4. The van der Waals surface area contributed by atoms with Gasteiger partial charge in [-0.3, -0.25) is 9.59 Å². The zero-order chi connectivity index (χ0) is 15.0. The van der Waals surface area contributed by atoms with Crippen molar-refractivity contribution in [2.45, 2.75) is 32.4 Å². The zero-order valence-corrected chi connectivity index (χ0v) is 13.0. The Balaban J connectivity index is 2.44. The maximum atomic E-state index is 11.8. The smallest absolute Gasteiger partial charge is 0.319 e. The van der Waals surface area contributed by atoms with Crippen molar-refractivity contribution in [1.29, 1.82) is 0 Å². The van der Waals surface area contributed by atoms with Crippen LogP contribution in [0.25, 0.3) is 0 Å². The average molecular weight is 295 g/mol. The van der Waals surface area contributed by atoms with E-state index in [4.69, 9.17) is 4.74 Å². The third kappa shape index (κ3) is 5.65. The fraction of sp³-hybridized carbons (Fsp3) is 0.467. The highest BCUT2D eigenvalue weighted by molar-refractivity contribution is 8.01. The summed E-state index contributed by atoms with van der Waals surface area (Å²) in [5.41, 5.74) is 1.87. The molecule has 0 saturated carbocycles. The summed E-state index contributed by atoms with van der Waals surface area (Å²) >= 11 is 1.31. The Kier molecular flexibility index (Phi) is 7.15. The minimum absolute atomic E-state index is 0.108. The molecular weight excluding hydrogens is 274 g/mol.